The average Bonchev–Trinajstić information content (AvgIpc) is 2.82. The van der Waals surface area contributed by atoms with Crippen LogP contribution < -0.4 is 10.6 Å². The summed E-state index contributed by atoms with van der Waals surface area (Å²) in [5, 5.41) is 8.44. The molecule has 1 aromatic heterocycles. The van der Waals surface area contributed by atoms with Gasteiger partial charge in [0.15, 0.2) is 0 Å². The van der Waals surface area contributed by atoms with E-state index in [9.17, 15) is 0 Å². The van der Waals surface area contributed by atoms with Gasteiger partial charge in [-0.05, 0) is 38.4 Å². The smallest absolute Gasteiger partial charge is 0.250 e. The molecule has 1 atom stereocenters. The van der Waals surface area contributed by atoms with Crippen LogP contribution in [0.2, 0.25) is 0 Å². The van der Waals surface area contributed by atoms with Crippen LogP contribution in [0.1, 0.15) is 29.3 Å². The van der Waals surface area contributed by atoms with Gasteiger partial charge in [0.2, 0.25) is 5.95 Å². The second-order valence-electron chi connectivity index (χ2n) is 5.23. The zero-order valence-corrected chi connectivity index (χ0v) is 11.9. The summed E-state index contributed by atoms with van der Waals surface area (Å²) in [6, 6.07) is 8.41. The quantitative estimate of drug-likeness (QED) is 0.924. The fraction of sp³-hybridized carbons (Fsp3) is 0.400. The van der Waals surface area contributed by atoms with E-state index in [-0.39, 0.29) is 0 Å². The number of nitrogens with two attached hydrogens (primary N) is 1. The van der Waals surface area contributed by atoms with Crippen molar-refractivity contribution < 1.29 is 0 Å². The third-order valence-electron chi connectivity index (χ3n) is 3.91. The van der Waals surface area contributed by atoms with E-state index in [4.69, 9.17) is 5.73 Å². The second-order valence-corrected chi connectivity index (χ2v) is 5.23. The molecule has 0 amide bonds. The van der Waals surface area contributed by atoms with Crippen molar-refractivity contribution in [1.29, 1.82) is 0 Å². The van der Waals surface area contributed by atoms with Crippen molar-refractivity contribution in [3.05, 3.63) is 41.2 Å². The van der Waals surface area contributed by atoms with E-state index in [2.05, 4.69) is 38.3 Å². The van der Waals surface area contributed by atoms with Gasteiger partial charge in [-0.3, -0.25) is 0 Å². The van der Waals surface area contributed by atoms with Crippen molar-refractivity contribution in [3.8, 4) is 0 Å². The molecular weight excluding hydrogens is 250 g/mol. The largest absolute Gasteiger partial charge is 0.330 e. The van der Waals surface area contributed by atoms with Crippen molar-refractivity contribution in [3.63, 3.8) is 0 Å². The van der Waals surface area contributed by atoms with Crippen LogP contribution in [0.3, 0.4) is 0 Å². The predicted molar refractivity (Wildman–Crippen MR) is 79.2 cm³/mol. The summed E-state index contributed by atoms with van der Waals surface area (Å²) in [6.07, 6.45) is 0.978. The fourth-order valence-electron chi connectivity index (χ4n) is 2.69. The van der Waals surface area contributed by atoms with Crippen LogP contribution in [0, 0.1) is 13.8 Å². The van der Waals surface area contributed by atoms with E-state index in [0.29, 0.717) is 18.4 Å². The van der Waals surface area contributed by atoms with E-state index >= 15 is 0 Å². The normalized spacial score (nSPS) is 17.4. The number of fused-ring (bicyclic) bond motifs is 1. The lowest BCUT2D eigenvalue weighted by atomic mass is 9.98. The van der Waals surface area contributed by atoms with E-state index in [1.807, 2.05) is 19.9 Å². The molecule has 20 heavy (non-hydrogen) atoms. The van der Waals surface area contributed by atoms with Crippen molar-refractivity contribution >= 4 is 11.6 Å². The SMILES string of the molecule is Cc1nnc(N2CC(CCN)c3ccccc32)nc1C. The van der Waals surface area contributed by atoms with Crippen LogP contribution in [-0.2, 0) is 0 Å². The number of rotatable bonds is 3. The standard InChI is InChI=1S/C15H19N5/c1-10-11(2)18-19-15(17-10)20-9-12(7-8-16)13-5-3-4-6-14(13)20/h3-6,12H,7-9,16H2,1-2H3. The first-order valence-corrected chi connectivity index (χ1v) is 6.95. The summed E-state index contributed by atoms with van der Waals surface area (Å²) in [4.78, 5) is 6.72. The molecule has 0 saturated carbocycles. The highest BCUT2D eigenvalue weighted by atomic mass is 15.3. The van der Waals surface area contributed by atoms with Crippen molar-refractivity contribution in [2.45, 2.75) is 26.2 Å². The zero-order valence-electron chi connectivity index (χ0n) is 11.9. The Kier molecular flexibility index (Phi) is 3.36. The lowest BCUT2D eigenvalue weighted by Crippen LogP contribution is -2.20. The number of para-hydroxylation sites is 1. The summed E-state index contributed by atoms with van der Waals surface area (Å²) in [5.41, 5.74) is 10.0. The number of hydrogen-bond acceptors (Lipinski definition) is 5. The third-order valence-corrected chi connectivity index (χ3v) is 3.91. The van der Waals surface area contributed by atoms with Crippen LogP contribution in [0.5, 0.6) is 0 Å². The predicted octanol–water partition coefficient (Wildman–Crippen LogP) is 2.07. The van der Waals surface area contributed by atoms with Gasteiger partial charge in [0.1, 0.15) is 0 Å². The molecule has 0 saturated heterocycles. The molecular formula is C15H19N5. The van der Waals surface area contributed by atoms with Gasteiger partial charge in [-0.25, -0.2) is 4.98 Å². The van der Waals surface area contributed by atoms with E-state index < -0.39 is 0 Å². The molecule has 0 fully saturated rings. The van der Waals surface area contributed by atoms with Crippen LogP contribution in [0.25, 0.3) is 0 Å². The molecule has 2 aromatic rings. The molecule has 0 aliphatic carbocycles. The van der Waals surface area contributed by atoms with Gasteiger partial charge in [0.05, 0.1) is 11.4 Å². The van der Waals surface area contributed by atoms with Gasteiger partial charge in [0, 0.05) is 18.2 Å². The Balaban J connectivity index is 2.01. The Morgan fingerprint density at radius 1 is 1.20 bits per heavy atom. The van der Waals surface area contributed by atoms with Crippen molar-refractivity contribution in [2.24, 2.45) is 5.73 Å². The van der Waals surface area contributed by atoms with E-state index in [0.717, 1.165) is 24.4 Å². The van der Waals surface area contributed by atoms with Crippen LogP contribution in [0.15, 0.2) is 24.3 Å². The molecule has 0 radical (unpaired) electrons. The number of benzene rings is 1. The first-order chi connectivity index (χ1) is 9.70. The van der Waals surface area contributed by atoms with Gasteiger partial charge >= 0.3 is 0 Å². The Morgan fingerprint density at radius 3 is 2.75 bits per heavy atom. The Labute approximate surface area is 118 Å². The van der Waals surface area contributed by atoms with Gasteiger partial charge in [0.25, 0.3) is 0 Å². The summed E-state index contributed by atoms with van der Waals surface area (Å²) in [7, 11) is 0. The molecule has 2 heterocycles. The maximum absolute atomic E-state index is 5.73. The summed E-state index contributed by atoms with van der Waals surface area (Å²) < 4.78 is 0. The summed E-state index contributed by atoms with van der Waals surface area (Å²) in [5.74, 6) is 1.13. The molecule has 5 heteroatoms. The zero-order chi connectivity index (χ0) is 14.1. The number of anilines is 2. The molecule has 3 rings (SSSR count). The van der Waals surface area contributed by atoms with Crippen LogP contribution >= 0.6 is 0 Å². The Hall–Kier alpha value is -2.01. The number of aryl methyl sites for hydroxylation is 2. The van der Waals surface area contributed by atoms with Gasteiger partial charge in [-0.1, -0.05) is 18.2 Å². The molecule has 1 aliphatic heterocycles. The summed E-state index contributed by atoms with van der Waals surface area (Å²) >= 11 is 0. The first-order valence-electron chi connectivity index (χ1n) is 6.95. The highest BCUT2D eigenvalue weighted by Gasteiger charge is 2.30. The van der Waals surface area contributed by atoms with Gasteiger partial charge in [-0.15, -0.1) is 5.10 Å². The molecule has 0 bridgehead atoms. The molecule has 1 unspecified atom stereocenters. The topological polar surface area (TPSA) is 67.9 Å². The van der Waals surface area contributed by atoms with Crippen molar-refractivity contribution in [2.75, 3.05) is 18.0 Å². The minimum absolute atomic E-state index is 0.446. The number of aromatic nitrogens is 3. The lowest BCUT2D eigenvalue weighted by Gasteiger charge is -2.17. The maximum atomic E-state index is 5.73. The first kappa shape index (κ1) is 13.0. The number of nitrogens with zero attached hydrogens (tertiary/aromatic N) is 4. The molecule has 2 N–H and O–H groups in total. The van der Waals surface area contributed by atoms with Crippen molar-refractivity contribution in [1.82, 2.24) is 15.2 Å². The highest BCUT2D eigenvalue weighted by molar-refractivity contribution is 5.67. The minimum atomic E-state index is 0.446. The van der Waals surface area contributed by atoms with Crippen LogP contribution in [0.4, 0.5) is 11.6 Å². The molecule has 1 aromatic carbocycles. The fourth-order valence-corrected chi connectivity index (χ4v) is 2.69. The lowest BCUT2D eigenvalue weighted by molar-refractivity contribution is 0.662. The monoisotopic (exact) mass is 269 g/mol. The van der Waals surface area contributed by atoms with Gasteiger partial charge < -0.3 is 10.6 Å². The average molecular weight is 269 g/mol. The molecule has 1 aliphatic rings. The van der Waals surface area contributed by atoms with Gasteiger partial charge in [-0.2, -0.15) is 5.10 Å². The van der Waals surface area contributed by atoms with E-state index in [1.165, 1.54) is 11.3 Å². The number of hydrogen-bond donors (Lipinski definition) is 1. The highest BCUT2D eigenvalue weighted by Crippen LogP contribution is 2.40. The molecule has 104 valence electrons. The molecule has 0 spiro atoms. The maximum Gasteiger partial charge on any atom is 0.250 e. The second kappa shape index (κ2) is 5.17. The summed E-state index contributed by atoms with van der Waals surface area (Å²) in [6.45, 7) is 5.46. The molecule has 5 nitrogen and oxygen atoms in total. The third kappa shape index (κ3) is 2.14. The Bertz CT molecular complexity index is 625. The Morgan fingerprint density at radius 2 is 2.00 bits per heavy atom. The van der Waals surface area contributed by atoms with E-state index in [1.54, 1.807) is 0 Å². The minimum Gasteiger partial charge on any atom is -0.330 e. The van der Waals surface area contributed by atoms with Crippen LogP contribution in [-0.4, -0.2) is 28.3 Å².